The molecule has 1 heterocycles. The van der Waals surface area contributed by atoms with Crippen LogP contribution in [0.2, 0.25) is 0 Å². The maximum atomic E-state index is 12.1. The molecule has 1 N–H and O–H groups in total. The Balaban J connectivity index is 1.86. The summed E-state index contributed by atoms with van der Waals surface area (Å²) in [5, 5.41) is 7.09. The summed E-state index contributed by atoms with van der Waals surface area (Å²) >= 11 is 0. The van der Waals surface area contributed by atoms with E-state index < -0.39 is 0 Å². The van der Waals surface area contributed by atoms with E-state index in [1.807, 2.05) is 58.0 Å². The molecule has 0 saturated carbocycles. The van der Waals surface area contributed by atoms with Crippen molar-refractivity contribution in [2.75, 3.05) is 6.54 Å². The predicted molar refractivity (Wildman–Crippen MR) is 86.1 cm³/mol. The molecule has 1 aromatic carbocycles. The highest BCUT2D eigenvalue weighted by molar-refractivity contribution is 5.93. The van der Waals surface area contributed by atoms with E-state index in [9.17, 15) is 4.79 Å². The molecule has 1 aromatic heterocycles. The summed E-state index contributed by atoms with van der Waals surface area (Å²) in [6, 6.07) is 9.56. The second kappa shape index (κ2) is 6.64. The summed E-state index contributed by atoms with van der Waals surface area (Å²) in [6.45, 7) is 8.48. The third kappa shape index (κ3) is 4.35. The average Bonchev–Trinajstić information content (AvgIpc) is 2.96. The van der Waals surface area contributed by atoms with E-state index in [-0.39, 0.29) is 17.6 Å². The number of hydrogen-bond acceptors (Lipinski definition) is 3. The fourth-order valence-corrected chi connectivity index (χ4v) is 1.92. The molecule has 5 nitrogen and oxygen atoms in total. The van der Waals surface area contributed by atoms with Crippen molar-refractivity contribution in [1.82, 2.24) is 15.1 Å². The molecule has 118 valence electrons. The van der Waals surface area contributed by atoms with Crippen LogP contribution in [0.4, 0.5) is 0 Å². The largest absolute Gasteiger partial charge is 0.489 e. The molecule has 0 aliphatic rings. The first-order chi connectivity index (χ1) is 10.4. The minimum Gasteiger partial charge on any atom is -0.489 e. The average molecular weight is 301 g/mol. The van der Waals surface area contributed by atoms with Crippen LogP contribution in [0.1, 0.15) is 38.1 Å². The van der Waals surface area contributed by atoms with Crippen LogP contribution in [0.5, 0.6) is 5.75 Å². The normalized spacial score (nSPS) is 12.7. The van der Waals surface area contributed by atoms with Crippen LogP contribution < -0.4 is 10.1 Å². The van der Waals surface area contributed by atoms with E-state index in [1.165, 1.54) is 0 Å². The lowest BCUT2D eigenvalue weighted by Crippen LogP contribution is -2.33. The molecule has 1 unspecified atom stereocenters. The number of rotatable bonds is 5. The number of para-hydroxylation sites is 1. The van der Waals surface area contributed by atoms with Gasteiger partial charge in [-0.3, -0.25) is 9.48 Å². The molecule has 0 bridgehead atoms. The van der Waals surface area contributed by atoms with Gasteiger partial charge in [0.05, 0.1) is 23.8 Å². The van der Waals surface area contributed by atoms with Gasteiger partial charge in [-0.1, -0.05) is 18.2 Å². The molecule has 0 aliphatic heterocycles. The molecule has 0 saturated heterocycles. The molecular formula is C17H23N3O2. The first-order valence-electron chi connectivity index (χ1n) is 7.41. The lowest BCUT2D eigenvalue weighted by atomic mass is 10.1. The Labute approximate surface area is 131 Å². The smallest absolute Gasteiger partial charge is 0.254 e. The van der Waals surface area contributed by atoms with Crippen LogP contribution in [0, 0.1) is 0 Å². The van der Waals surface area contributed by atoms with Crippen LogP contribution in [-0.4, -0.2) is 28.3 Å². The first kappa shape index (κ1) is 16.1. The highest BCUT2D eigenvalue weighted by atomic mass is 16.5. The summed E-state index contributed by atoms with van der Waals surface area (Å²) < 4.78 is 7.51. The Morgan fingerprint density at radius 2 is 2.00 bits per heavy atom. The van der Waals surface area contributed by atoms with E-state index in [0.29, 0.717) is 12.1 Å². The SMILES string of the molecule is CC(CNC(=O)c1cnn(C(C)(C)C)c1)Oc1ccccc1. The highest BCUT2D eigenvalue weighted by Gasteiger charge is 2.17. The van der Waals surface area contributed by atoms with Gasteiger partial charge in [0.15, 0.2) is 0 Å². The first-order valence-corrected chi connectivity index (χ1v) is 7.41. The zero-order valence-electron chi connectivity index (χ0n) is 13.5. The van der Waals surface area contributed by atoms with Crippen molar-refractivity contribution in [3.63, 3.8) is 0 Å². The zero-order chi connectivity index (χ0) is 16.2. The van der Waals surface area contributed by atoms with Gasteiger partial charge in [0.1, 0.15) is 11.9 Å². The summed E-state index contributed by atoms with van der Waals surface area (Å²) in [4.78, 5) is 12.1. The number of carbonyl (C=O) groups excluding carboxylic acids is 1. The maximum Gasteiger partial charge on any atom is 0.254 e. The fourth-order valence-electron chi connectivity index (χ4n) is 1.92. The number of benzene rings is 1. The van der Waals surface area contributed by atoms with Crippen molar-refractivity contribution < 1.29 is 9.53 Å². The standard InChI is InChI=1S/C17H23N3O2/c1-13(22-15-8-6-5-7-9-15)10-18-16(21)14-11-19-20(12-14)17(2,3)4/h5-9,11-13H,10H2,1-4H3,(H,18,21). The van der Waals surface area contributed by atoms with Crippen molar-refractivity contribution in [3.05, 3.63) is 48.3 Å². The van der Waals surface area contributed by atoms with Crippen molar-refractivity contribution in [2.45, 2.75) is 39.3 Å². The zero-order valence-corrected chi connectivity index (χ0v) is 13.5. The van der Waals surface area contributed by atoms with E-state index in [4.69, 9.17) is 4.74 Å². The van der Waals surface area contributed by atoms with Gasteiger partial charge in [0.2, 0.25) is 0 Å². The third-order valence-electron chi connectivity index (χ3n) is 3.16. The summed E-state index contributed by atoms with van der Waals surface area (Å²) in [6.07, 6.45) is 3.24. The summed E-state index contributed by atoms with van der Waals surface area (Å²) in [5.41, 5.74) is 0.421. The van der Waals surface area contributed by atoms with Gasteiger partial charge in [-0.05, 0) is 39.8 Å². The van der Waals surface area contributed by atoms with E-state index in [1.54, 1.807) is 17.1 Å². The topological polar surface area (TPSA) is 56.2 Å². The lowest BCUT2D eigenvalue weighted by Gasteiger charge is -2.18. The lowest BCUT2D eigenvalue weighted by molar-refractivity contribution is 0.0932. The van der Waals surface area contributed by atoms with Gasteiger partial charge >= 0.3 is 0 Å². The van der Waals surface area contributed by atoms with Gasteiger partial charge in [0, 0.05) is 6.20 Å². The Kier molecular flexibility index (Phi) is 4.85. The Bertz CT molecular complexity index is 614. The van der Waals surface area contributed by atoms with Crippen molar-refractivity contribution >= 4 is 5.91 Å². The van der Waals surface area contributed by atoms with E-state index >= 15 is 0 Å². The van der Waals surface area contributed by atoms with Crippen LogP contribution in [-0.2, 0) is 5.54 Å². The fraction of sp³-hybridized carbons (Fsp3) is 0.412. The summed E-state index contributed by atoms with van der Waals surface area (Å²) in [5.74, 6) is 0.656. The molecule has 0 aliphatic carbocycles. The molecule has 2 rings (SSSR count). The van der Waals surface area contributed by atoms with E-state index in [2.05, 4.69) is 10.4 Å². The quantitative estimate of drug-likeness (QED) is 0.924. The Hall–Kier alpha value is -2.30. The second-order valence-corrected chi connectivity index (χ2v) is 6.30. The minimum absolute atomic E-state index is 0.107. The molecule has 0 radical (unpaired) electrons. The van der Waals surface area contributed by atoms with Crippen LogP contribution in [0.3, 0.4) is 0 Å². The molecule has 22 heavy (non-hydrogen) atoms. The number of aromatic nitrogens is 2. The van der Waals surface area contributed by atoms with Gasteiger partial charge < -0.3 is 10.1 Å². The monoisotopic (exact) mass is 301 g/mol. The molecule has 2 aromatic rings. The van der Waals surface area contributed by atoms with Crippen molar-refractivity contribution in [3.8, 4) is 5.75 Å². The number of nitrogens with zero attached hydrogens (tertiary/aromatic N) is 2. The highest BCUT2D eigenvalue weighted by Crippen LogP contribution is 2.13. The van der Waals surface area contributed by atoms with E-state index in [0.717, 1.165) is 5.75 Å². The Morgan fingerprint density at radius 3 is 2.59 bits per heavy atom. The van der Waals surface area contributed by atoms with Crippen molar-refractivity contribution in [2.24, 2.45) is 0 Å². The van der Waals surface area contributed by atoms with Gasteiger partial charge in [-0.15, -0.1) is 0 Å². The number of nitrogens with one attached hydrogen (secondary N) is 1. The molecule has 5 heteroatoms. The second-order valence-electron chi connectivity index (χ2n) is 6.30. The molecule has 1 atom stereocenters. The predicted octanol–water partition coefficient (Wildman–Crippen LogP) is 2.84. The third-order valence-corrected chi connectivity index (χ3v) is 3.16. The van der Waals surface area contributed by atoms with Crippen LogP contribution in [0.25, 0.3) is 0 Å². The molecule has 0 fully saturated rings. The number of carbonyl (C=O) groups is 1. The van der Waals surface area contributed by atoms with Crippen molar-refractivity contribution in [1.29, 1.82) is 0 Å². The maximum absolute atomic E-state index is 12.1. The van der Waals surface area contributed by atoms with Crippen LogP contribution >= 0.6 is 0 Å². The molecule has 0 spiro atoms. The van der Waals surface area contributed by atoms with Gasteiger partial charge in [-0.25, -0.2) is 0 Å². The van der Waals surface area contributed by atoms with Gasteiger partial charge in [-0.2, -0.15) is 5.10 Å². The molecule has 1 amide bonds. The number of ether oxygens (including phenoxy) is 1. The summed E-state index contributed by atoms with van der Waals surface area (Å²) in [7, 11) is 0. The number of hydrogen-bond donors (Lipinski definition) is 1. The number of amides is 1. The molecular weight excluding hydrogens is 278 g/mol. The Morgan fingerprint density at radius 1 is 1.32 bits per heavy atom. The van der Waals surface area contributed by atoms with Gasteiger partial charge in [0.25, 0.3) is 5.91 Å². The van der Waals surface area contributed by atoms with Crippen LogP contribution in [0.15, 0.2) is 42.7 Å². The minimum atomic E-state index is -0.140.